The monoisotopic (exact) mass is 245 g/mol. The topological polar surface area (TPSA) is 43.1 Å². The Labute approximate surface area is 92.5 Å². The second-order valence-corrected chi connectivity index (χ2v) is 4.07. The minimum absolute atomic E-state index is 0.0452. The summed E-state index contributed by atoms with van der Waals surface area (Å²) in [6, 6.07) is 3.72. The van der Waals surface area contributed by atoms with E-state index in [9.17, 15) is 18.0 Å². The lowest BCUT2D eigenvalue weighted by Gasteiger charge is -2.07. The van der Waals surface area contributed by atoms with Crippen molar-refractivity contribution < 1.29 is 18.0 Å². The molecule has 0 radical (unpaired) electrons. The van der Waals surface area contributed by atoms with Crippen molar-refractivity contribution in [3.63, 3.8) is 0 Å². The second kappa shape index (κ2) is 3.48. The largest absolute Gasteiger partial charge is 0.417 e. The molecule has 16 heavy (non-hydrogen) atoms. The first-order valence-corrected chi connectivity index (χ1v) is 5.16. The van der Waals surface area contributed by atoms with Crippen LogP contribution in [0.15, 0.2) is 23.6 Å². The number of nitrogens with two attached hydrogens (primary N) is 1. The molecular weight excluding hydrogens is 239 g/mol. The third kappa shape index (κ3) is 1.65. The van der Waals surface area contributed by atoms with Gasteiger partial charge in [0.05, 0.1) is 11.1 Å². The van der Waals surface area contributed by atoms with E-state index in [-0.39, 0.29) is 15.6 Å². The van der Waals surface area contributed by atoms with Crippen LogP contribution in [0.1, 0.15) is 15.9 Å². The zero-order valence-electron chi connectivity index (χ0n) is 7.84. The lowest BCUT2D eigenvalue weighted by atomic mass is 10.1. The molecule has 84 valence electrons. The first kappa shape index (κ1) is 10.9. The summed E-state index contributed by atoms with van der Waals surface area (Å²) in [5.41, 5.74) is 4.47. The molecule has 0 atom stereocenters. The van der Waals surface area contributed by atoms with Crippen LogP contribution in [0.3, 0.4) is 0 Å². The van der Waals surface area contributed by atoms with Crippen LogP contribution < -0.4 is 5.73 Å². The van der Waals surface area contributed by atoms with E-state index in [0.717, 1.165) is 17.4 Å². The van der Waals surface area contributed by atoms with Gasteiger partial charge in [-0.25, -0.2) is 0 Å². The zero-order chi connectivity index (χ0) is 11.9. The number of primary amides is 1. The first-order valence-electron chi connectivity index (χ1n) is 4.28. The number of fused-ring (bicyclic) bond motifs is 1. The van der Waals surface area contributed by atoms with Crippen LogP contribution in [0.2, 0.25) is 0 Å². The highest BCUT2D eigenvalue weighted by Gasteiger charge is 2.33. The van der Waals surface area contributed by atoms with Crippen LogP contribution in [0, 0.1) is 0 Å². The van der Waals surface area contributed by atoms with Crippen LogP contribution in [-0.2, 0) is 6.18 Å². The van der Waals surface area contributed by atoms with Crippen molar-refractivity contribution >= 4 is 27.3 Å². The van der Waals surface area contributed by atoms with Crippen molar-refractivity contribution in [2.24, 2.45) is 5.73 Å². The number of rotatable bonds is 1. The van der Waals surface area contributed by atoms with Crippen molar-refractivity contribution in [3.05, 3.63) is 34.7 Å². The summed E-state index contributed by atoms with van der Waals surface area (Å²) in [5, 5.41) is 1.61. The van der Waals surface area contributed by atoms with E-state index in [0.29, 0.717) is 0 Å². The predicted molar refractivity (Wildman–Crippen MR) is 55.3 cm³/mol. The minimum atomic E-state index is -4.42. The summed E-state index contributed by atoms with van der Waals surface area (Å²) >= 11 is 0.875. The Morgan fingerprint density at radius 3 is 2.56 bits per heavy atom. The summed E-state index contributed by atoms with van der Waals surface area (Å²) in [6.07, 6.45) is -4.42. The molecule has 2 rings (SSSR count). The summed E-state index contributed by atoms with van der Waals surface area (Å²) in [4.78, 5) is 11.0. The Balaban J connectivity index is 2.77. The van der Waals surface area contributed by atoms with Crippen molar-refractivity contribution in [2.75, 3.05) is 0 Å². The lowest BCUT2D eigenvalue weighted by Crippen LogP contribution is -2.10. The quantitative estimate of drug-likeness (QED) is 0.824. The molecule has 2 N–H and O–H groups in total. The van der Waals surface area contributed by atoms with Gasteiger partial charge in [-0.3, -0.25) is 4.79 Å². The van der Waals surface area contributed by atoms with Gasteiger partial charge in [-0.15, -0.1) is 11.3 Å². The van der Waals surface area contributed by atoms with Gasteiger partial charge in [0, 0.05) is 15.5 Å². The fourth-order valence-electron chi connectivity index (χ4n) is 1.47. The van der Waals surface area contributed by atoms with Crippen molar-refractivity contribution in [1.82, 2.24) is 0 Å². The molecule has 0 aliphatic rings. The Bertz CT molecular complexity index is 559. The third-order valence-corrected chi connectivity index (χ3v) is 3.20. The highest BCUT2D eigenvalue weighted by atomic mass is 32.1. The van der Waals surface area contributed by atoms with E-state index in [1.165, 1.54) is 17.5 Å². The van der Waals surface area contributed by atoms with Crippen LogP contribution in [-0.4, -0.2) is 5.91 Å². The van der Waals surface area contributed by atoms with Gasteiger partial charge in [0.1, 0.15) is 0 Å². The van der Waals surface area contributed by atoms with Crippen LogP contribution in [0.5, 0.6) is 0 Å². The highest BCUT2D eigenvalue weighted by Crippen LogP contribution is 2.38. The Hall–Kier alpha value is -1.56. The number of thiophene rings is 1. The molecule has 0 fully saturated rings. The van der Waals surface area contributed by atoms with Gasteiger partial charge in [0.15, 0.2) is 0 Å². The first-order chi connectivity index (χ1) is 7.41. The highest BCUT2D eigenvalue weighted by molar-refractivity contribution is 7.17. The van der Waals surface area contributed by atoms with E-state index in [1.54, 1.807) is 0 Å². The molecule has 0 saturated carbocycles. The van der Waals surface area contributed by atoms with Gasteiger partial charge in [-0.1, -0.05) is 12.1 Å². The van der Waals surface area contributed by atoms with Gasteiger partial charge in [0.25, 0.3) is 0 Å². The lowest BCUT2D eigenvalue weighted by molar-refractivity contribution is -0.136. The van der Waals surface area contributed by atoms with Gasteiger partial charge in [-0.05, 0) is 6.07 Å². The van der Waals surface area contributed by atoms with Crippen LogP contribution in [0.4, 0.5) is 13.2 Å². The van der Waals surface area contributed by atoms with E-state index in [4.69, 9.17) is 5.73 Å². The Morgan fingerprint density at radius 2 is 2.00 bits per heavy atom. The molecule has 0 aliphatic carbocycles. The van der Waals surface area contributed by atoms with E-state index >= 15 is 0 Å². The molecular formula is C10H6F3NOS. The summed E-state index contributed by atoms with van der Waals surface area (Å²) in [6.45, 7) is 0. The third-order valence-electron chi connectivity index (χ3n) is 2.17. The van der Waals surface area contributed by atoms with Crippen molar-refractivity contribution in [3.8, 4) is 0 Å². The number of halogens is 3. The van der Waals surface area contributed by atoms with E-state index in [1.807, 2.05) is 0 Å². The maximum Gasteiger partial charge on any atom is 0.417 e. The molecule has 1 aromatic carbocycles. The molecule has 6 heteroatoms. The fraction of sp³-hybridized carbons (Fsp3) is 0.100. The standard InChI is InChI=1S/C10H6F3NOS/c11-10(12,13)7-3-1-2-5-6(9(14)15)4-16-8(5)7/h1-4H,(H2,14,15). The molecule has 1 amide bonds. The molecule has 0 saturated heterocycles. The van der Waals surface area contributed by atoms with Crippen LogP contribution >= 0.6 is 11.3 Å². The van der Waals surface area contributed by atoms with Gasteiger partial charge >= 0.3 is 6.18 Å². The van der Waals surface area contributed by atoms with Crippen molar-refractivity contribution in [1.29, 1.82) is 0 Å². The molecule has 1 heterocycles. The molecule has 0 aliphatic heterocycles. The summed E-state index contributed by atoms with van der Waals surface area (Å²) < 4.78 is 37.9. The number of alkyl halides is 3. The summed E-state index contributed by atoms with van der Waals surface area (Å²) in [7, 11) is 0. The maximum atomic E-state index is 12.6. The summed E-state index contributed by atoms with van der Waals surface area (Å²) in [5.74, 6) is -0.717. The molecule has 0 spiro atoms. The van der Waals surface area contributed by atoms with E-state index in [2.05, 4.69) is 0 Å². The number of amides is 1. The fourth-order valence-corrected chi connectivity index (χ4v) is 2.57. The zero-order valence-corrected chi connectivity index (χ0v) is 8.65. The van der Waals surface area contributed by atoms with Crippen LogP contribution in [0.25, 0.3) is 10.1 Å². The smallest absolute Gasteiger partial charge is 0.366 e. The normalized spacial score (nSPS) is 11.9. The number of hydrogen-bond donors (Lipinski definition) is 1. The van der Waals surface area contributed by atoms with Gasteiger partial charge in [-0.2, -0.15) is 13.2 Å². The van der Waals surface area contributed by atoms with Gasteiger partial charge < -0.3 is 5.73 Å². The Morgan fingerprint density at radius 1 is 1.31 bits per heavy atom. The Kier molecular flexibility index (Phi) is 2.38. The SMILES string of the molecule is NC(=O)c1csc2c(C(F)(F)F)cccc12. The van der Waals surface area contributed by atoms with Gasteiger partial charge in [0.2, 0.25) is 5.91 Å². The molecule has 1 aromatic heterocycles. The predicted octanol–water partition coefficient (Wildman–Crippen LogP) is 3.02. The average molecular weight is 245 g/mol. The molecule has 2 aromatic rings. The minimum Gasteiger partial charge on any atom is -0.366 e. The van der Waals surface area contributed by atoms with Crippen molar-refractivity contribution in [2.45, 2.75) is 6.18 Å². The number of benzene rings is 1. The molecule has 0 unspecified atom stereocenters. The number of hydrogen-bond acceptors (Lipinski definition) is 2. The number of carbonyl (C=O) groups excluding carboxylic acids is 1. The number of carbonyl (C=O) groups is 1. The van der Waals surface area contributed by atoms with E-state index < -0.39 is 17.6 Å². The average Bonchev–Trinajstić information content (AvgIpc) is 2.58. The maximum absolute atomic E-state index is 12.6. The molecule has 2 nitrogen and oxygen atoms in total. The second-order valence-electron chi connectivity index (χ2n) is 3.19. The molecule has 0 bridgehead atoms.